The van der Waals surface area contributed by atoms with Crippen molar-refractivity contribution < 1.29 is 19.1 Å². The molecule has 0 bridgehead atoms. The fourth-order valence-corrected chi connectivity index (χ4v) is 3.76. The van der Waals surface area contributed by atoms with Crippen LogP contribution < -0.4 is 9.47 Å². The van der Waals surface area contributed by atoms with Crippen LogP contribution in [0.1, 0.15) is 37.8 Å². The van der Waals surface area contributed by atoms with Crippen LogP contribution in [0.15, 0.2) is 53.4 Å². The van der Waals surface area contributed by atoms with E-state index < -0.39 is 0 Å². The molecule has 0 N–H and O–H groups in total. The first-order valence-electron chi connectivity index (χ1n) is 9.81. The van der Waals surface area contributed by atoms with Gasteiger partial charge in [0.2, 0.25) is 0 Å². The molecule has 0 atom stereocenters. The molecule has 2 aromatic carbocycles. The summed E-state index contributed by atoms with van der Waals surface area (Å²) < 4.78 is 11.6. The van der Waals surface area contributed by atoms with Gasteiger partial charge < -0.3 is 9.47 Å². The average Bonchev–Trinajstić information content (AvgIpc) is 2.99. The lowest BCUT2D eigenvalue weighted by Crippen LogP contribution is -2.29. The molecule has 0 aliphatic carbocycles. The smallest absolute Gasteiger partial charge is 0.293 e. The standard InChI is InChI=1S/C23H25NO4S/c1-3-5-13-24-22(25)21(29-23(24)26)15-18-11-12-19(20(14-18)27-4-2)28-16-17-9-7-6-8-10-17/h6-12,14-15H,3-5,13,16H2,1-2H3/b21-15-. The fourth-order valence-electron chi connectivity index (χ4n) is 2.90. The van der Waals surface area contributed by atoms with E-state index in [0.717, 1.165) is 35.7 Å². The normalized spacial score (nSPS) is 15.2. The highest BCUT2D eigenvalue weighted by molar-refractivity contribution is 8.18. The minimum atomic E-state index is -0.226. The predicted octanol–water partition coefficient (Wildman–Crippen LogP) is 5.50. The molecular weight excluding hydrogens is 386 g/mol. The molecule has 0 spiro atoms. The number of carbonyl (C=O) groups is 2. The van der Waals surface area contributed by atoms with Crippen molar-refractivity contribution in [2.24, 2.45) is 0 Å². The molecule has 1 aliphatic rings. The summed E-state index contributed by atoms with van der Waals surface area (Å²) in [6.07, 6.45) is 3.48. The van der Waals surface area contributed by atoms with Gasteiger partial charge in [0.05, 0.1) is 11.5 Å². The van der Waals surface area contributed by atoms with E-state index in [9.17, 15) is 9.59 Å². The molecule has 0 saturated carbocycles. The number of nitrogens with zero attached hydrogens (tertiary/aromatic N) is 1. The van der Waals surface area contributed by atoms with Crippen molar-refractivity contribution in [2.45, 2.75) is 33.3 Å². The van der Waals surface area contributed by atoms with Gasteiger partial charge in [0.25, 0.3) is 11.1 Å². The Bertz CT molecular complexity index is 895. The quantitative estimate of drug-likeness (QED) is 0.510. The molecule has 1 heterocycles. The predicted molar refractivity (Wildman–Crippen MR) is 116 cm³/mol. The SMILES string of the molecule is CCCCN1C(=O)S/C(=C\c2ccc(OCc3ccccc3)c(OCC)c2)C1=O. The summed E-state index contributed by atoms with van der Waals surface area (Å²) in [4.78, 5) is 26.4. The van der Waals surface area contributed by atoms with E-state index in [-0.39, 0.29) is 11.1 Å². The lowest BCUT2D eigenvalue weighted by atomic mass is 10.1. The van der Waals surface area contributed by atoms with Gasteiger partial charge in [0, 0.05) is 6.54 Å². The summed E-state index contributed by atoms with van der Waals surface area (Å²) in [5, 5.41) is -0.206. The maximum Gasteiger partial charge on any atom is 0.293 e. The Morgan fingerprint density at radius 1 is 1.00 bits per heavy atom. The van der Waals surface area contributed by atoms with Crippen LogP contribution in [0.5, 0.6) is 11.5 Å². The molecule has 1 fully saturated rings. The molecule has 0 radical (unpaired) electrons. The zero-order chi connectivity index (χ0) is 20.6. The maximum absolute atomic E-state index is 12.5. The number of hydrogen-bond acceptors (Lipinski definition) is 5. The minimum Gasteiger partial charge on any atom is -0.490 e. The van der Waals surface area contributed by atoms with Crippen molar-refractivity contribution in [1.29, 1.82) is 0 Å². The van der Waals surface area contributed by atoms with E-state index >= 15 is 0 Å². The van der Waals surface area contributed by atoms with Crippen LogP contribution in [-0.4, -0.2) is 29.2 Å². The topological polar surface area (TPSA) is 55.8 Å². The van der Waals surface area contributed by atoms with Gasteiger partial charge in [-0.3, -0.25) is 14.5 Å². The zero-order valence-electron chi connectivity index (χ0n) is 16.7. The third-order valence-electron chi connectivity index (χ3n) is 4.41. The van der Waals surface area contributed by atoms with Crippen molar-refractivity contribution in [1.82, 2.24) is 4.90 Å². The highest BCUT2D eigenvalue weighted by Gasteiger charge is 2.34. The largest absolute Gasteiger partial charge is 0.490 e. The molecule has 29 heavy (non-hydrogen) atoms. The van der Waals surface area contributed by atoms with Crippen LogP contribution in [0.2, 0.25) is 0 Å². The number of thioether (sulfide) groups is 1. The molecule has 1 aliphatic heterocycles. The van der Waals surface area contributed by atoms with Crippen molar-refractivity contribution in [2.75, 3.05) is 13.2 Å². The van der Waals surface area contributed by atoms with Gasteiger partial charge in [0.1, 0.15) is 6.61 Å². The minimum absolute atomic E-state index is 0.206. The van der Waals surface area contributed by atoms with Crippen molar-refractivity contribution in [3.63, 3.8) is 0 Å². The molecule has 6 heteroatoms. The van der Waals surface area contributed by atoms with Crippen LogP contribution >= 0.6 is 11.8 Å². The van der Waals surface area contributed by atoms with Crippen molar-refractivity contribution in [3.8, 4) is 11.5 Å². The molecule has 2 amide bonds. The van der Waals surface area contributed by atoms with Crippen LogP contribution in [0.4, 0.5) is 4.79 Å². The fraction of sp³-hybridized carbons (Fsp3) is 0.304. The molecule has 1 saturated heterocycles. The summed E-state index contributed by atoms with van der Waals surface area (Å²) in [6, 6.07) is 15.5. The molecule has 0 aromatic heterocycles. The van der Waals surface area contributed by atoms with Crippen LogP contribution in [-0.2, 0) is 11.4 Å². The Hall–Kier alpha value is -2.73. The summed E-state index contributed by atoms with van der Waals surface area (Å²) in [5.41, 5.74) is 1.86. The third-order valence-corrected chi connectivity index (χ3v) is 5.32. The van der Waals surface area contributed by atoms with E-state index in [0.29, 0.717) is 36.2 Å². The average molecular weight is 412 g/mol. The Morgan fingerprint density at radius 2 is 1.79 bits per heavy atom. The number of rotatable bonds is 9. The lowest BCUT2D eigenvalue weighted by Gasteiger charge is -2.13. The number of ether oxygens (including phenoxy) is 2. The zero-order valence-corrected chi connectivity index (χ0v) is 17.5. The second kappa shape index (κ2) is 10.2. The van der Waals surface area contributed by atoms with E-state index in [1.165, 1.54) is 4.90 Å². The highest BCUT2D eigenvalue weighted by Crippen LogP contribution is 2.35. The second-order valence-electron chi connectivity index (χ2n) is 6.60. The van der Waals surface area contributed by atoms with Crippen molar-refractivity contribution >= 4 is 29.0 Å². The first-order valence-corrected chi connectivity index (χ1v) is 10.6. The molecule has 152 valence electrons. The maximum atomic E-state index is 12.5. The van der Waals surface area contributed by atoms with Gasteiger partial charge in [-0.05, 0) is 54.4 Å². The number of imide groups is 1. The molecular formula is C23H25NO4S. The molecule has 5 nitrogen and oxygen atoms in total. The van der Waals surface area contributed by atoms with Gasteiger partial charge in [-0.25, -0.2) is 0 Å². The summed E-state index contributed by atoms with van der Waals surface area (Å²) in [7, 11) is 0. The number of unbranched alkanes of at least 4 members (excludes halogenated alkanes) is 1. The van der Waals surface area contributed by atoms with Gasteiger partial charge in [-0.1, -0.05) is 49.7 Å². The van der Waals surface area contributed by atoms with Crippen LogP contribution in [0.3, 0.4) is 0 Å². The summed E-state index contributed by atoms with van der Waals surface area (Å²) in [5.74, 6) is 1.03. The van der Waals surface area contributed by atoms with E-state index in [2.05, 4.69) is 0 Å². The lowest BCUT2D eigenvalue weighted by molar-refractivity contribution is -0.122. The Morgan fingerprint density at radius 3 is 2.52 bits per heavy atom. The van der Waals surface area contributed by atoms with Gasteiger partial charge in [-0.15, -0.1) is 0 Å². The monoisotopic (exact) mass is 411 g/mol. The summed E-state index contributed by atoms with van der Waals surface area (Å²) in [6.45, 7) is 5.35. The number of amides is 2. The highest BCUT2D eigenvalue weighted by atomic mass is 32.2. The van der Waals surface area contributed by atoms with Crippen LogP contribution in [0.25, 0.3) is 6.08 Å². The molecule has 2 aromatic rings. The van der Waals surface area contributed by atoms with Crippen LogP contribution in [0, 0.1) is 0 Å². The number of carbonyl (C=O) groups excluding carboxylic acids is 2. The Labute approximate surface area is 175 Å². The second-order valence-corrected chi connectivity index (χ2v) is 7.59. The number of benzene rings is 2. The summed E-state index contributed by atoms with van der Waals surface area (Å²) >= 11 is 0.984. The third kappa shape index (κ3) is 5.41. The Balaban J connectivity index is 1.76. The Kier molecular flexibility index (Phi) is 7.36. The molecule has 0 unspecified atom stereocenters. The molecule has 3 rings (SSSR count). The van der Waals surface area contributed by atoms with Crippen molar-refractivity contribution in [3.05, 3.63) is 64.6 Å². The number of hydrogen-bond donors (Lipinski definition) is 0. The van der Waals surface area contributed by atoms with E-state index in [1.54, 1.807) is 6.08 Å². The first kappa shape index (κ1) is 21.0. The van der Waals surface area contributed by atoms with E-state index in [4.69, 9.17) is 9.47 Å². The van der Waals surface area contributed by atoms with Gasteiger partial charge in [-0.2, -0.15) is 0 Å². The van der Waals surface area contributed by atoms with Gasteiger partial charge in [0.15, 0.2) is 11.5 Å². The van der Waals surface area contributed by atoms with Gasteiger partial charge >= 0.3 is 0 Å². The van der Waals surface area contributed by atoms with E-state index in [1.807, 2.05) is 62.4 Å². The first-order chi connectivity index (χ1) is 14.1.